The number of nitrogens with two attached hydrogens (primary N) is 1. The molecule has 0 atom stereocenters. The lowest BCUT2D eigenvalue weighted by Gasteiger charge is -2.34. The van der Waals surface area contributed by atoms with Gasteiger partial charge in [0, 0.05) is 42.3 Å². The number of nitrogen functional groups attached to an aromatic ring is 1. The van der Waals surface area contributed by atoms with Crippen LogP contribution in [-0.4, -0.2) is 43.8 Å². The number of hydrogen-bond donors (Lipinski definition) is 3. The number of anilines is 1. The Morgan fingerprint density at radius 1 is 1.00 bits per heavy atom. The van der Waals surface area contributed by atoms with E-state index in [0.717, 1.165) is 8.96 Å². The van der Waals surface area contributed by atoms with Crippen LogP contribution in [-0.2, 0) is 16.0 Å². The Hall–Kier alpha value is -3.69. The number of nitrogens with zero attached hydrogens (tertiary/aromatic N) is 2. The summed E-state index contributed by atoms with van der Waals surface area (Å²) in [6.45, 7) is 2.40. The van der Waals surface area contributed by atoms with E-state index in [1.807, 2.05) is 0 Å². The third-order valence-electron chi connectivity index (χ3n) is 7.17. The molecular weight excluding hydrogens is 455 g/mol. The zero-order chi connectivity index (χ0) is 25.8. The fraction of sp³-hybridized carbons (Fsp3) is 0.320. The first-order valence-electron chi connectivity index (χ1n) is 11.5. The number of hydrogen-bond acceptors (Lipinski definition) is 3. The molecule has 0 fully saturated rings. The highest BCUT2D eigenvalue weighted by Crippen LogP contribution is 2.47. The second-order valence-corrected chi connectivity index (χ2v) is 9.19. The molecule has 0 bridgehead atoms. The molecule has 4 N–H and O–H groups in total. The van der Waals surface area contributed by atoms with Gasteiger partial charge in [-0.3, -0.25) is 9.59 Å². The molecule has 4 rings (SSSR count). The smallest absolute Gasteiger partial charge is 0.481 e. The molecule has 0 saturated carbocycles. The third kappa shape index (κ3) is 3.77. The molecule has 7 nitrogen and oxygen atoms in total. The van der Waals surface area contributed by atoms with Gasteiger partial charge in [-0.15, -0.1) is 0 Å². The van der Waals surface area contributed by atoms with Crippen LogP contribution in [0.1, 0.15) is 61.2 Å². The maximum Gasteiger partial charge on any atom is 0.737 e. The van der Waals surface area contributed by atoms with Gasteiger partial charge in [-0.05, 0) is 68.1 Å². The van der Waals surface area contributed by atoms with Crippen LogP contribution in [0.5, 0.6) is 0 Å². The Morgan fingerprint density at radius 2 is 1.57 bits per heavy atom. The summed E-state index contributed by atoms with van der Waals surface area (Å²) in [5, 5.41) is 18.4. The van der Waals surface area contributed by atoms with Crippen LogP contribution in [0.25, 0.3) is 5.57 Å². The van der Waals surface area contributed by atoms with Crippen molar-refractivity contribution in [3.05, 3.63) is 69.2 Å². The zero-order valence-electron chi connectivity index (χ0n) is 20.2. The van der Waals surface area contributed by atoms with Crippen molar-refractivity contribution < 1.29 is 32.9 Å². The molecule has 184 valence electrons. The van der Waals surface area contributed by atoms with Crippen molar-refractivity contribution in [1.82, 2.24) is 4.48 Å². The van der Waals surface area contributed by atoms with E-state index in [9.17, 15) is 19.8 Å². The third-order valence-corrected chi connectivity index (χ3v) is 7.17. The maximum atomic E-state index is 16.4. The molecular formula is C25H28BF2N3O4. The average Bonchev–Trinajstić information content (AvgIpc) is 3.17. The Balaban J connectivity index is 2.08. The molecule has 10 heteroatoms. The summed E-state index contributed by atoms with van der Waals surface area (Å²) in [6.07, 6.45) is -0.0367. The van der Waals surface area contributed by atoms with Gasteiger partial charge in [-0.2, -0.15) is 0 Å². The molecule has 0 unspecified atom stereocenters. The van der Waals surface area contributed by atoms with Crippen LogP contribution in [0.3, 0.4) is 0 Å². The molecule has 0 saturated heterocycles. The molecule has 0 amide bonds. The molecule has 2 aliphatic rings. The first-order chi connectivity index (χ1) is 16.4. The number of fused-ring (bicyclic) bond motifs is 2. The van der Waals surface area contributed by atoms with Crippen molar-refractivity contribution in [3.8, 4) is 0 Å². The second kappa shape index (κ2) is 8.51. The normalized spacial score (nSPS) is 16.6. The van der Waals surface area contributed by atoms with Crippen LogP contribution in [0.2, 0.25) is 0 Å². The standard InChI is InChI=1S/C25H28BF2N3O4/c1-13-19(9-11-21(32)33)15(3)30-24(13)23(17-5-7-18(29)8-6-17)25-14(2)20(10-12-22(34)35)16(4)31(25)26(30,27)28/h5-8H,9-12,29H2,1-4H3,(H,32,33)(H,34,35). The van der Waals surface area contributed by atoms with Gasteiger partial charge in [0.1, 0.15) is 5.71 Å². The molecule has 0 spiro atoms. The van der Waals surface area contributed by atoms with E-state index >= 15 is 8.63 Å². The van der Waals surface area contributed by atoms with Gasteiger partial charge in [-0.25, -0.2) is 0 Å². The highest BCUT2D eigenvalue weighted by Gasteiger charge is 2.56. The molecule has 2 aromatic rings. The Bertz CT molecular complexity index is 1370. The minimum Gasteiger partial charge on any atom is -0.481 e. The van der Waals surface area contributed by atoms with Gasteiger partial charge in [0.2, 0.25) is 0 Å². The molecule has 1 aromatic heterocycles. The minimum absolute atomic E-state index is 0.144. The molecule has 1 aromatic carbocycles. The Labute approximate surface area is 201 Å². The van der Waals surface area contributed by atoms with Crippen molar-refractivity contribution in [2.75, 3.05) is 5.73 Å². The summed E-state index contributed by atoms with van der Waals surface area (Å²) < 4.78 is 34.9. The Morgan fingerprint density at radius 3 is 2.14 bits per heavy atom. The van der Waals surface area contributed by atoms with Crippen molar-refractivity contribution in [2.24, 2.45) is 0 Å². The molecule has 2 aliphatic heterocycles. The highest BCUT2D eigenvalue weighted by atomic mass is 19.2. The van der Waals surface area contributed by atoms with Crippen LogP contribution in [0.4, 0.5) is 14.3 Å². The number of carboxylic acids is 2. The van der Waals surface area contributed by atoms with E-state index in [4.69, 9.17) is 5.73 Å². The van der Waals surface area contributed by atoms with E-state index in [1.54, 1.807) is 52.0 Å². The van der Waals surface area contributed by atoms with Crippen molar-refractivity contribution in [2.45, 2.75) is 53.4 Å². The van der Waals surface area contributed by atoms with Crippen LogP contribution in [0, 0.1) is 13.8 Å². The first kappa shape index (κ1) is 24.4. The van der Waals surface area contributed by atoms with Gasteiger partial charge in [0.25, 0.3) is 0 Å². The summed E-state index contributed by atoms with van der Waals surface area (Å²) in [4.78, 5) is 22.5. The van der Waals surface area contributed by atoms with Gasteiger partial charge in [0.15, 0.2) is 5.70 Å². The lowest BCUT2D eigenvalue weighted by Crippen LogP contribution is -2.51. The van der Waals surface area contributed by atoms with E-state index in [0.29, 0.717) is 61.9 Å². The van der Waals surface area contributed by atoms with Crippen LogP contribution >= 0.6 is 0 Å². The fourth-order valence-electron chi connectivity index (χ4n) is 5.56. The van der Waals surface area contributed by atoms with Crippen LogP contribution in [0.15, 0.2) is 41.1 Å². The lowest BCUT2D eigenvalue weighted by atomic mass is 9.83. The number of aromatic nitrogens is 1. The Kier molecular flexibility index (Phi) is 5.95. The van der Waals surface area contributed by atoms with E-state index in [1.165, 1.54) is 0 Å². The largest absolute Gasteiger partial charge is 0.737 e. The van der Waals surface area contributed by atoms with E-state index in [-0.39, 0.29) is 25.7 Å². The number of carboxylic acid groups (broad SMARTS) is 2. The number of carbonyl (C=O) groups is 2. The number of rotatable bonds is 7. The van der Waals surface area contributed by atoms with Crippen molar-refractivity contribution in [3.63, 3.8) is 0 Å². The topological polar surface area (TPSA) is 109 Å². The summed E-state index contributed by atoms with van der Waals surface area (Å²) >= 11 is 0. The molecule has 3 heterocycles. The van der Waals surface area contributed by atoms with Crippen molar-refractivity contribution in [1.29, 1.82) is 0 Å². The zero-order valence-corrected chi connectivity index (χ0v) is 20.2. The van der Waals surface area contributed by atoms with E-state index in [2.05, 4.69) is 0 Å². The van der Waals surface area contributed by atoms with Crippen LogP contribution < -0.4 is 5.73 Å². The van der Waals surface area contributed by atoms with E-state index < -0.39 is 18.9 Å². The number of benzene rings is 1. The average molecular weight is 483 g/mol. The highest BCUT2D eigenvalue weighted by molar-refractivity contribution is 6.58. The number of allylic oxidation sites excluding steroid dienone is 2. The quantitative estimate of drug-likeness (QED) is 0.401. The SMILES string of the molecule is CC1=C(CCC(=O)O)C(C)=[N+]2C1=C(c1ccc(N)cc1)c1c(C)c(CCC(=O)O)c(C)n1[B-]2(F)F. The fourth-order valence-corrected chi connectivity index (χ4v) is 5.56. The summed E-state index contributed by atoms with van der Waals surface area (Å²) in [7, 11) is 0. The first-order valence-corrected chi connectivity index (χ1v) is 11.5. The predicted octanol–water partition coefficient (Wildman–Crippen LogP) is 4.37. The maximum absolute atomic E-state index is 16.4. The van der Waals surface area contributed by atoms with Gasteiger partial charge >= 0.3 is 18.9 Å². The number of aliphatic carboxylic acids is 2. The van der Waals surface area contributed by atoms with Gasteiger partial charge in [0.05, 0.1) is 5.57 Å². The van der Waals surface area contributed by atoms with Crippen molar-refractivity contribution >= 4 is 35.9 Å². The van der Waals surface area contributed by atoms with Gasteiger partial charge < -0.3 is 33.5 Å². The summed E-state index contributed by atoms with van der Waals surface area (Å²) in [5.74, 6) is -1.98. The second-order valence-electron chi connectivity index (χ2n) is 9.19. The molecule has 0 aliphatic carbocycles. The minimum atomic E-state index is -4.32. The number of halogens is 2. The van der Waals surface area contributed by atoms with Gasteiger partial charge in [-0.1, -0.05) is 12.1 Å². The summed E-state index contributed by atoms with van der Waals surface area (Å²) in [6, 6.07) is 6.99. The monoisotopic (exact) mass is 483 g/mol. The predicted molar refractivity (Wildman–Crippen MR) is 131 cm³/mol. The lowest BCUT2D eigenvalue weighted by molar-refractivity contribution is -0.363. The molecule has 35 heavy (non-hydrogen) atoms. The molecule has 0 radical (unpaired) electrons. The summed E-state index contributed by atoms with van der Waals surface area (Å²) in [5.41, 5.74) is 11.5.